The van der Waals surface area contributed by atoms with E-state index in [-0.39, 0.29) is 18.9 Å². The van der Waals surface area contributed by atoms with E-state index in [1.807, 2.05) is 23.1 Å². The Kier molecular flexibility index (Phi) is 5.61. The highest BCUT2D eigenvalue weighted by molar-refractivity contribution is 6.04. The molecule has 1 N–H and O–H groups in total. The summed E-state index contributed by atoms with van der Waals surface area (Å²) >= 11 is 0. The summed E-state index contributed by atoms with van der Waals surface area (Å²) in [6, 6.07) is 16.2. The smallest absolute Gasteiger partial charge is 0.322 e. The van der Waals surface area contributed by atoms with Crippen LogP contribution in [0.15, 0.2) is 54.6 Å². The zero-order valence-corrected chi connectivity index (χ0v) is 14.3. The Morgan fingerprint density at radius 2 is 1.77 bits per heavy atom. The molecule has 0 spiro atoms. The number of hydrogen-bond donors (Lipinski definition) is 1. The zero-order chi connectivity index (χ0) is 18.6. The maximum Gasteiger partial charge on any atom is 0.393 e. The second-order valence-corrected chi connectivity index (χ2v) is 6.63. The average Bonchev–Trinajstić information content (AvgIpc) is 2.63. The fourth-order valence-corrected chi connectivity index (χ4v) is 3.21. The van der Waals surface area contributed by atoms with Gasteiger partial charge in [0.25, 0.3) is 5.91 Å². The number of hydrogen-bond acceptors (Lipinski definition) is 2. The third-order valence-corrected chi connectivity index (χ3v) is 4.62. The molecule has 3 nitrogen and oxygen atoms in total. The first kappa shape index (κ1) is 18.5. The normalized spacial score (nSPS) is 18.5. The molecule has 1 heterocycles. The third-order valence-electron chi connectivity index (χ3n) is 4.62. The first-order chi connectivity index (χ1) is 12.4. The predicted octanol–water partition coefficient (Wildman–Crippen LogP) is 4.71. The monoisotopic (exact) mass is 362 g/mol. The summed E-state index contributed by atoms with van der Waals surface area (Å²) in [5.74, 6) is -1.45. The maximum atomic E-state index is 12.9. The standard InChI is InChI=1S/C20H21F3N2O/c21-20(22,23)17-5-4-12-25(14-17)13-15-8-10-16(11-9-15)19(26)24-18-6-2-1-3-7-18/h1-3,6-11,17H,4-5,12-14H2,(H,24,26)/t17-/m1/s1. The van der Waals surface area contributed by atoms with E-state index in [2.05, 4.69) is 5.32 Å². The number of amides is 1. The van der Waals surface area contributed by atoms with Gasteiger partial charge in [-0.2, -0.15) is 13.2 Å². The molecule has 1 aliphatic rings. The van der Waals surface area contributed by atoms with Crippen molar-refractivity contribution >= 4 is 11.6 Å². The van der Waals surface area contributed by atoms with Crippen molar-refractivity contribution in [2.24, 2.45) is 5.92 Å². The Morgan fingerprint density at radius 1 is 1.08 bits per heavy atom. The lowest BCUT2D eigenvalue weighted by molar-refractivity contribution is -0.187. The van der Waals surface area contributed by atoms with Gasteiger partial charge in [-0.25, -0.2) is 0 Å². The van der Waals surface area contributed by atoms with E-state index in [4.69, 9.17) is 0 Å². The number of carbonyl (C=O) groups excluding carboxylic acids is 1. The summed E-state index contributed by atoms with van der Waals surface area (Å²) in [4.78, 5) is 14.1. The van der Waals surface area contributed by atoms with Gasteiger partial charge >= 0.3 is 6.18 Å². The first-order valence-electron chi connectivity index (χ1n) is 8.66. The van der Waals surface area contributed by atoms with Gasteiger partial charge in [0.2, 0.25) is 0 Å². The summed E-state index contributed by atoms with van der Waals surface area (Å²) in [5, 5.41) is 2.81. The van der Waals surface area contributed by atoms with E-state index in [0.29, 0.717) is 30.8 Å². The van der Waals surface area contributed by atoms with E-state index in [1.54, 1.807) is 36.4 Å². The number of para-hydroxylation sites is 1. The van der Waals surface area contributed by atoms with E-state index < -0.39 is 12.1 Å². The van der Waals surface area contributed by atoms with Crippen molar-refractivity contribution in [3.63, 3.8) is 0 Å². The number of likely N-dealkylation sites (tertiary alicyclic amines) is 1. The molecule has 1 aliphatic heterocycles. The molecule has 2 aromatic rings. The van der Waals surface area contributed by atoms with Crippen LogP contribution in [-0.2, 0) is 6.54 Å². The Labute approximate surface area is 150 Å². The van der Waals surface area contributed by atoms with Crippen molar-refractivity contribution in [2.45, 2.75) is 25.6 Å². The maximum absolute atomic E-state index is 12.9. The van der Waals surface area contributed by atoms with Crippen molar-refractivity contribution in [3.05, 3.63) is 65.7 Å². The van der Waals surface area contributed by atoms with Gasteiger partial charge in [0.1, 0.15) is 0 Å². The molecule has 26 heavy (non-hydrogen) atoms. The average molecular weight is 362 g/mol. The number of alkyl halides is 3. The van der Waals surface area contributed by atoms with Crippen molar-refractivity contribution < 1.29 is 18.0 Å². The molecule has 1 saturated heterocycles. The summed E-state index contributed by atoms with van der Waals surface area (Å²) in [6.07, 6.45) is -3.36. The highest BCUT2D eigenvalue weighted by Crippen LogP contribution is 2.33. The molecule has 138 valence electrons. The number of halogens is 3. The van der Waals surface area contributed by atoms with E-state index >= 15 is 0 Å². The van der Waals surface area contributed by atoms with E-state index in [0.717, 1.165) is 5.56 Å². The molecular formula is C20H21F3N2O. The van der Waals surface area contributed by atoms with Crippen molar-refractivity contribution in [1.82, 2.24) is 4.90 Å². The van der Waals surface area contributed by atoms with Gasteiger partial charge in [0, 0.05) is 24.3 Å². The number of benzene rings is 2. The van der Waals surface area contributed by atoms with Gasteiger partial charge in [0.15, 0.2) is 0 Å². The molecular weight excluding hydrogens is 341 g/mol. The molecule has 2 aromatic carbocycles. The van der Waals surface area contributed by atoms with Crippen LogP contribution in [0.25, 0.3) is 0 Å². The highest BCUT2D eigenvalue weighted by atomic mass is 19.4. The van der Waals surface area contributed by atoms with Crippen LogP contribution in [-0.4, -0.2) is 30.1 Å². The van der Waals surface area contributed by atoms with Crippen LogP contribution in [0.2, 0.25) is 0 Å². The minimum absolute atomic E-state index is 0.0414. The largest absolute Gasteiger partial charge is 0.393 e. The predicted molar refractivity (Wildman–Crippen MR) is 94.9 cm³/mol. The fourth-order valence-electron chi connectivity index (χ4n) is 3.21. The van der Waals surface area contributed by atoms with Crippen molar-refractivity contribution in [1.29, 1.82) is 0 Å². The van der Waals surface area contributed by atoms with Crippen LogP contribution in [0.4, 0.5) is 18.9 Å². The molecule has 6 heteroatoms. The first-order valence-corrected chi connectivity index (χ1v) is 8.66. The van der Waals surface area contributed by atoms with Crippen molar-refractivity contribution in [2.75, 3.05) is 18.4 Å². The van der Waals surface area contributed by atoms with Crippen LogP contribution in [0.1, 0.15) is 28.8 Å². The number of nitrogens with one attached hydrogen (secondary N) is 1. The number of carbonyl (C=O) groups is 1. The second kappa shape index (κ2) is 7.91. The van der Waals surface area contributed by atoms with Crippen LogP contribution >= 0.6 is 0 Å². The number of piperidine rings is 1. The molecule has 0 bridgehead atoms. The van der Waals surface area contributed by atoms with Gasteiger partial charge in [-0.05, 0) is 49.2 Å². The SMILES string of the molecule is O=C(Nc1ccccc1)c1ccc(CN2CCC[C@@H](C(F)(F)F)C2)cc1. The molecule has 0 radical (unpaired) electrons. The van der Waals surface area contributed by atoms with Gasteiger partial charge in [-0.3, -0.25) is 9.69 Å². The molecule has 1 atom stereocenters. The summed E-state index contributed by atoms with van der Waals surface area (Å²) in [7, 11) is 0. The Balaban J connectivity index is 1.58. The summed E-state index contributed by atoms with van der Waals surface area (Å²) in [6.45, 7) is 1.18. The molecule has 1 amide bonds. The lowest BCUT2D eigenvalue weighted by Gasteiger charge is -2.33. The third kappa shape index (κ3) is 4.85. The second-order valence-electron chi connectivity index (χ2n) is 6.63. The minimum atomic E-state index is -4.13. The number of anilines is 1. The molecule has 0 aromatic heterocycles. The van der Waals surface area contributed by atoms with Crippen LogP contribution in [0.5, 0.6) is 0 Å². The van der Waals surface area contributed by atoms with Gasteiger partial charge < -0.3 is 5.32 Å². The topological polar surface area (TPSA) is 32.3 Å². The van der Waals surface area contributed by atoms with Crippen LogP contribution < -0.4 is 5.32 Å². The van der Waals surface area contributed by atoms with Crippen LogP contribution in [0.3, 0.4) is 0 Å². The van der Waals surface area contributed by atoms with Gasteiger partial charge in [0.05, 0.1) is 5.92 Å². The van der Waals surface area contributed by atoms with E-state index in [1.165, 1.54) is 0 Å². The molecule has 0 aliphatic carbocycles. The quantitative estimate of drug-likeness (QED) is 0.854. The number of rotatable bonds is 4. The summed E-state index contributed by atoms with van der Waals surface area (Å²) < 4.78 is 38.7. The highest BCUT2D eigenvalue weighted by Gasteiger charge is 2.41. The van der Waals surface area contributed by atoms with Crippen molar-refractivity contribution in [3.8, 4) is 0 Å². The number of nitrogens with zero attached hydrogens (tertiary/aromatic N) is 1. The van der Waals surface area contributed by atoms with Crippen LogP contribution in [0, 0.1) is 5.92 Å². The molecule has 0 saturated carbocycles. The minimum Gasteiger partial charge on any atom is -0.322 e. The summed E-state index contributed by atoms with van der Waals surface area (Å²) in [5.41, 5.74) is 2.14. The Morgan fingerprint density at radius 3 is 2.42 bits per heavy atom. The lowest BCUT2D eigenvalue weighted by atomic mass is 9.97. The molecule has 1 fully saturated rings. The Bertz CT molecular complexity index is 729. The fraction of sp³-hybridized carbons (Fsp3) is 0.350. The van der Waals surface area contributed by atoms with Gasteiger partial charge in [-0.1, -0.05) is 30.3 Å². The van der Waals surface area contributed by atoms with E-state index in [9.17, 15) is 18.0 Å². The molecule has 3 rings (SSSR count). The van der Waals surface area contributed by atoms with Gasteiger partial charge in [-0.15, -0.1) is 0 Å². The lowest BCUT2D eigenvalue weighted by Crippen LogP contribution is -2.41. The zero-order valence-electron chi connectivity index (χ0n) is 14.3. The molecule has 0 unspecified atom stereocenters. The Hall–Kier alpha value is -2.34.